The predicted molar refractivity (Wildman–Crippen MR) is 95.1 cm³/mol. The zero-order chi connectivity index (χ0) is 18.5. The van der Waals surface area contributed by atoms with Crippen LogP contribution in [0.2, 0.25) is 0 Å². The Kier molecular flexibility index (Phi) is 5.23. The van der Waals surface area contributed by atoms with E-state index in [1.165, 1.54) is 0 Å². The molecule has 0 saturated carbocycles. The summed E-state index contributed by atoms with van der Waals surface area (Å²) < 4.78 is 5.37. The van der Waals surface area contributed by atoms with Gasteiger partial charge < -0.3 is 20.0 Å². The second kappa shape index (κ2) is 7.75. The third-order valence-corrected chi connectivity index (χ3v) is 4.44. The summed E-state index contributed by atoms with van der Waals surface area (Å²) in [6.45, 7) is 0.161. The first-order valence-electron chi connectivity index (χ1n) is 8.35. The van der Waals surface area contributed by atoms with Crippen LogP contribution >= 0.6 is 0 Å². The number of carboxylic acid groups (broad SMARTS) is 1. The molecule has 0 unspecified atom stereocenters. The van der Waals surface area contributed by atoms with Crippen molar-refractivity contribution in [3.8, 4) is 23.5 Å². The summed E-state index contributed by atoms with van der Waals surface area (Å²) in [5.41, 5.74) is 4.49. The van der Waals surface area contributed by atoms with Gasteiger partial charge in [0.2, 0.25) is 0 Å². The Morgan fingerprint density at radius 3 is 2.23 bits per heavy atom. The van der Waals surface area contributed by atoms with Gasteiger partial charge in [-0.1, -0.05) is 48.5 Å². The van der Waals surface area contributed by atoms with Gasteiger partial charge in [0.1, 0.15) is 6.61 Å². The van der Waals surface area contributed by atoms with E-state index in [2.05, 4.69) is 23.4 Å². The van der Waals surface area contributed by atoms with Crippen molar-refractivity contribution in [2.24, 2.45) is 0 Å². The zero-order valence-electron chi connectivity index (χ0n) is 14.1. The number of terminal acetylenes is 1. The molecular formula is C21H18NO4-. The molecule has 0 aromatic heterocycles. The van der Waals surface area contributed by atoms with E-state index in [0.717, 1.165) is 22.3 Å². The molecular weight excluding hydrogens is 330 g/mol. The number of carboxylic acids is 1. The van der Waals surface area contributed by atoms with Crippen molar-refractivity contribution < 1.29 is 19.4 Å². The van der Waals surface area contributed by atoms with Crippen LogP contribution in [0.25, 0.3) is 11.1 Å². The van der Waals surface area contributed by atoms with Crippen LogP contribution < -0.4 is 10.4 Å². The fourth-order valence-corrected chi connectivity index (χ4v) is 3.32. The molecule has 3 rings (SSSR count). The van der Waals surface area contributed by atoms with E-state index in [1.54, 1.807) is 0 Å². The highest BCUT2D eigenvalue weighted by Gasteiger charge is 2.29. The Hall–Kier alpha value is -3.26. The highest BCUT2D eigenvalue weighted by atomic mass is 16.5. The van der Waals surface area contributed by atoms with Crippen molar-refractivity contribution >= 4 is 12.1 Å². The maximum absolute atomic E-state index is 12.1. The van der Waals surface area contributed by atoms with Crippen molar-refractivity contribution in [3.63, 3.8) is 0 Å². The largest absolute Gasteiger partial charge is 0.550 e. The first-order chi connectivity index (χ1) is 12.6. The Morgan fingerprint density at radius 2 is 1.69 bits per heavy atom. The van der Waals surface area contributed by atoms with Gasteiger partial charge in [-0.05, 0) is 22.3 Å². The third kappa shape index (κ3) is 3.70. The van der Waals surface area contributed by atoms with Gasteiger partial charge >= 0.3 is 6.09 Å². The molecule has 0 aliphatic heterocycles. The zero-order valence-corrected chi connectivity index (χ0v) is 14.1. The van der Waals surface area contributed by atoms with Crippen LogP contribution in [0.1, 0.15) is 29.9 Å². The molecule has 2 aromatic rings. The molecule has 0 radical (unpaired) electrons. The Bertz CT molecular complexity index is 823. The fourth-order valence-electron chi connectivity index (χ4n) is 3.32. The van der Waals surface area contributed by atoms with Crippen LogP contribution in [0.5, 0.6) is 0 Å². The third-order valence-electron chi connectivity index (χ3n) is 4.44. The number of hydrogen-bond donors (Lipinski definition) is 1. The number of fused-ring (bicyclic) bond motifs is 3. The number of ether oxygens (including phenoxy) is 1. The maximum Gasteiger partial charge on any atom is 0.407 e. The molecule has 1 amide bonds. The van der Waals surface area contributed by atoms with E-state index in [0.29, 0.717) is 0 Å². The van der Waals surface area contributed by atoms with E-state index in [4.69, 9.17) is 11.2 Å². The lowest BCUT2D eigenvalue weighted by molar-refractivity contribution is -0.306. The lowest BCUT2D eigenvalue weighted by Gasteiger charge is -2.19. The average molecular weight is 348 g/mol. The molecule has 132 valence electrons. The summed E-state index contributed by atoms with van der Waals surface area (Å²) in [6.07, 6.45) is 4.26. The van der Waals surface area contributed by atoms with Crippen molar-refractivity contribution in [3.05, 3.63) is 59.7 Å². The molecule has 1 aliphatic carbocycles. The van der Waals surface area contributed by atoms with E-state index < -0.39 is 18.1 Å². The van der Waals surface area contributed by atoms with Crippen LogP contribution in [0.4, 0.5) is 4.79 Å². The van der Waals surface area contributed by atoms with Gasteiger partial charge in [-0.3, -0.25) is 0 Å². The second-order valence-electron chi connectivity index (χ2n) is 6.15. The van der Waals surface area contributed by atoms with E-state index >= 15 is 0 Å². The number of nitrogens with one attached hydrogen (secondary N) is 1. The number of hydrogen-bond acceptors (Lipinski definition) is 4. The molecule has 2 aromatic carbocycles. The number of benzene rings is 2. The number of alkyl carbamates (subject to hydrolysis) is 1. The van der Waals surface area contributed by atoms with Crippen LogP contribution in [0.15, 0.2) is 48.5 Å². The molecule has 1 aliphatic rings. The van der Waals surface area contributed by atoms with Gasteiger partial charge in [-0.25, -0.2) is 4.79 Å². The van der Waals surface area contributed by atoms with Crippen LogP contribution in [-0.2, 0) is 9.53 Å². The summed E-state index contributed by atoms with van der Waals surface area (Å²) in [5.74, 6) is 1.01. The first-order valence-corrected chi connectivity index (χ1v) is 8.35. The fraction of sp³-hybridized carbons (Fsp3) is 0.238. The molecule has 0 spiro atoms. The lowest BCUT2D eigenvalue weighted by Crippen LogP contribution is -2.40. The Morgan fingerprint density at radius 1 is 1.12 bits per heavy atom. The summed E-state index contributed by atoms with van der Waals surface area (Å²) in [7, 11) is 0. The number of amides is 1. The number of carbonyl (C=O) groups is 2. The number of aliphatic carboxylic acids is 1. The highest BCUT2D eigenvalue weighted by molar-refractivity contribution is 5.79. The second-order valence-corrected chi connectivity index (χ2v) is 6.15. The lowest BCUT2D eigenvalue weighted by atomic mass is 9.98. The number of carbonyl (C=O) groups excluding carboxylic acids is 2. The number of rotatable bonds is 6. The van der Waals surface area contributed by atoms with Crippen molar-refractivity contribution in [1.29, 1.82) is 0 Å². The quantitative estimate of drug-likeness (QED) is 0.811. The molecule has 5 heteroatoms. The molecule has 1 N–H and O–H groups in total. The minimum absolute atomic E-state index is 0.0552. The smallest absolute Gasteiger partial charge is 0.407 e. The van der Waals surface area contributed by atoms with E-state index in [1.807, 2.05) is 36.4 Å². The molecule has 0 fully saturated rings. The molecule has 0 saturated heterocycles. The highest BCUT2D eigenvalue weighted by Crippen LogP contribution is 2.44. The normalized spacial score (nSPS) is 13.2. The first kappa shape index (κ1) is 17.6. The average Bonchev–Trinajstić information content (AvgIpc) is 2.94. The van der Waals surface area contributed by atoms with Crippen LogP contribution in [0, 0.1) is 12.3 Å². The summed E-state index contributed by atoms with van der Waals surface area (Å²) in [6, 6.07) is 15.3. The molecule has 0 bridgehead atoms. The predicted octanol–water partition coefficient (Wildman–Crippen LogP) is 2.06. The van der Waals surface area contributed by atoms with Gasteiger partial charge in [0.05, 0.1) is 0 Å². The molecule has 1 atom stereocenters. The van der Waals surface area contributed by atoms with Crippen LogP contribution in [0.3, 0.4) is 0 Å². The molecule has 5 nitrogen and oxygen atoms in total. The summed E-state index contributed by atoms with van der Waals surface area (Å²) >= 11 is 0. The topological polar surface area (TPSA) is 78.5 Å². The van der Waals surface area contributed by atoms with Gasteiger partial charge in [-0.15, -0.1) is 12.3 Å². The monoisotopic (exact) mass is 348 g/mol. The Balaban J connectivity index is 1.69. The van der Waals surface area contributed by atoms with Gasteiger partial charge in [-0.2, -0.15) is 0 Å². The van der Waals surface area contributed by atoms with E-state index in [9.17, 15) is 14.7 Å². The van der Waals surface area contributed by atoms with Crippen molar-refractivity contribution in [2.45, 2.75) is 24.8 Å². The van der Waals surface area contributed by atoms with Gasteiger partial charge in [0.25, 0.3) is 0 Å². The summed E-state index contributed by atoms with van der Waals surface area (Å²) in [4.78, 5) is 22.8. The summed E-state index contributed by atoms with van der Waals surface area (Å²) in [5, 5.41) is 13.2. The Labute approximate surface area is 152 Å². The maximum atomic E-state index is 12.1. The molecule has 0 heterocycles. The van der Waals surface area contributed by atoms with E-state index in [-0.39, 0.29) is 25.4 Å². The molecule has 26 heavy (non-hydrogen) atoms. The standard InChI is InChI=1S/C21H19NO4/c1-2-7-14(12-20(23)24)22-21(25)26-13-19-17-10-5-3-8-15(17)16-9-4-6-11-18(16)19/h1,3-6,8-11,14,19H,7,12-13H2,(H,22,25)(H,23,24)/p-1/t14-/m1/s1. The van der Waals surface area contributed by atoms with Crippen LogP contribution in [-0.4, -0.2) is 24.7 Å². The van der Waals surface area contributed by atoms with Crippen molar-refractivity contribution in [2.75, 3.05) is 6.61 Å². The van der Waals surface area contributed by atoms with Gasteiger partial charge in [0.15, 0.2) is 0 Å². The minimum atomic E-state index is -1.27. The SMILES string of the molecule is C#CC[C@H](CC(=O)[O-])NC(=O)OCC1c2ccccc2-c2ccccc21. The minimum Gasteiger partial charge on any atom is -0.550 e. The van der Waals surface area contributed by atoms with Crippen molar-refractivity contribution in [1.82, 2.24) is 5.32 Å². The van der Waals surface area contributed by atoms with Gasteiger partial charge in [0, 0.05) is 30.8 Å².